The summed E-state index contributed by atoms with van der Waals surface area (Å²) in [6, 6.07) is 8.92. The van der Waals surface area contributed by atoms with Gasteiger partial charge in [-0.05, 0) is 25.3 Å². The first-order valence-corrected chi connectivity index (χ1v) is 6.60. The highest BCUT2D eigenvalue weighted by Gasteiger charge is 2.13. The van der Waals surface area contributed by atoms with E-state index in [4.69, 9.17) is 0 Å². The predicted octanol–water partition coefficient (Wildman–Crippen LogP) is 1.96. The summed E-state index contributed by atoms with van der Waals surface area (Å²) in [5.74, 6) is -0.185. The number of aromatic nitrogens is 2. The Balaban J connectivity index is 2.54. The second-order valence-corrected chi connectivity index (χ2v) is 4.53. The summed E-state index contributed by atoms with van der Waals surface area (Å²) >= 11 is 1.27. The Hall–Kier alpha value is -1.88. The van der Waals surface area contributed by atoms with Gasteiger partial charge in [-0.3, -0.25) is 14.2 Å². The van der Waals surface area contributed by atoms with Gasteiger partial charge in [-0.25, -0.2) is 0 Å². The van der Waals surface area contributed by atoms with Crippen molar-refractivity contribution in [2.45, 2.75) is 12.1 Å². The van der Waals surface area contributed by atoms with Gasteiger partial charge in [0.25, 0.3) is 11.5 Å². The first-order chi connectivity index (χ1) is 8.63. The van der Waals surface area contributed by atoms with Gasteiger partial charge >= 0.3 is 0 Å². The first kappa shape index (κ1) is 12.6. The lowest BCUT2D eigenvalue weighted by Crippen LogP contribution is -2.22. The van der Waals surface area contributed by atoms with Crippen molar-refractivity contribution >= 4 is 17.7 Å². The number of nitrogens with zero attached hydrogens (tertiary/aromatic N) is 2. The molecule has 0 radical (unpaired) electrons. The van der Waals surface area contributed by atoms with E-state index in [0.717, 1.165) is 0 Å². The van der Waals surface area contributed by atoms with E-state index >= 15 is 0 Å². The zero-order valence-corrected chi connectivity index (χ0v) is 10.9. The molecule has 0 atom stereocenters. The molecule has 0 N–H and O–H groups in total. The quantitative estimate of drug-likeness (QED) is 0.612. The zero-order chi connectivity index (χ0) is 13.1. The number of benzene rings is 1. The lowest BCUT2D eigenvalue weighted by Gasteiger charge is -2.09. The molecule has 2 rings (SSSR count). The van der Waals surface area contributed by atoms with E-state index in [1.807, 2.05) is 6.07 Å². The molecule has 1 aromatic heterocycles. The topological polar surface area (TPSA) is 52.0 Å². The molecule has 1 heterocycles. The third-order valence-electron chi connectivity index (χ3n) is 2.49. The Kier molecular flexibility index (Phi) is 3.62. The van der Waals surface area contributed by atoms with Gasteiger partial charge in [0.05, 0.1) is 0 Å². The summed E-state index contributed by atoms with van der Waals surface area (Å²) < 4.78 is 1.41. The Morgan fingerprint density at radius 2 is 1.94 bits per heavy atom. The molecule has 0 aliphatic rings. The summed E-state index contributed by atoms with van der Waals surface area (Å²) in [6.45, 7) is 1.65. The van der Waals surface area contributed by atoms with Crippen molar-refractivity contribution in [3.8, 4) is 0 Å². The number of hydrogen-bond donors (Lipinski definition) is 0. The Morgan fingerprint density at radius 3 is 2.56 bits per heavy atom. The molecule has 2 aromatic rings. The van der Waals surface area contributed by atoms with Crippen molar-refractivity contribution in [3.05, 3.63) is 58.0 Å². The van der Waals surface area contributed by atoms with Crippen LogP contribution in [0.2, 0.25) is 0 Å². The maximum atomic E-state index is 12.3. The molecule has 0 aliphatic carbocycles. The largest absolute Gasteiger partial charge is 0.276 e. The van der Waals surface area contributed by atoms with Crippen LogP contribution in [0.15, 0.2) is 46.5 Å². The van der Waals surface area contributed by atoms with E-state index in [9.17, 15) is 9.59 Å². The van der Waals surface area contributed by atoms with E-state index in [-0.39, 0.29) is 11.5 Å². The molecule has 0 saturated heterocycles. The highest BCUT2D eigenvalue weighted by Crippen LogP contribution is 2.13. The minimum absolute atomic E-state index is 0.185. The van der Waals surface area contributed by atoms with Crippen molar-refractivity contribution in [3.63, 3.8) is 0 Å². The van der Waals surface area contributed by atoms with Crippen LogP contribution in [-0.4, -0.2) is 21.7 Å². The minimum Gasteiger partial charge on any atom is -0.268 e. The summed E-state index contributed by atoms with van der Waals surface area (Å²) in [6.07, 6.45) is 3.32. The van der Waals surface area contributed by atoms with Gasteiger partial charge in [-0.1, -0.05) is 30.0 Å². The zero-order valence-electron chi connectivity index (χ0n) is 10.1. The smallest absolute Gasteiger partial charge is 0.268 e. The van der Waals surface area contributed by atoms with Gasteiger partial charge in [-0.15, -0.1) is 0 Å². The number of thioether (sulfide) groups is 1. The Labute approximate surface area is 109 Å². The van der Waals surface area contributed by atoms with Crippen LogP contribution >= 0.6 is 11.8 Å². The third kappa shape index (κ3) is 2.36. The number of carbonyl (C=O) groups is 1. The van der Waals surface area contributed by atoms with Crippen LogP contribution in [0.4, 0.5) is 0 Å². The summed E-state index contributed by atoms with van der Waals surface area (Å²) in [4.78, 5) is 27.6. The molecule has 4 nitrogen and oxygen atoms in total. The van der Waals surface area contributed by atoms with E-state index in [0.29, 0.717) is 16.3 Å². The lowest BCUT2D eigenvalue weighted by molar-refractivity contribution is 0.0947. The number of hydrogen-bond acceptors (Lipinski definition) is 4. The third-order valence-corrected chi connectivity index (χ3v) is 3.14. The summed E-state index contributed by atoms with van der Waals surface area (Å²) in [5, 5.41) is 0.402. The van der Waals surface area contributed by atoms with Crippen molar-refractivity contribution < 1.29 is 4.79 Å². The summed E-state index contributed by atoms with van der Waals surface area (Å²) in [5.41, 5.74) is 0.728. The van der Waals surface area contributed by atoms with Crippen molar-refractivity contribution in [1.82, 2.24) is 9.55 Å². The molecule has 0 unspecified atom stereocenters. The number of rotatable bonds is 2. The maximum Gasteiger partial charge on any atom is 0.276 e. The van der Waals surface area contributed by atoms with Gasteiger partial charge < -0.3 is 0 Å². The lowest BCUT2D eigenvalue weighted by atomic mass is 10.2. The van der Waals surface area contributed by atoms with Crippen LogP contribution < -0.4 is 5.56 Å². The van der Waals surface area contributed by atoms with Gasteiger partial charge in [-0.2, -0.15) is 4.98 Å². The van der Waals surface area contributed by atoms with Gasteiger partial charge in [0.15, 0.2) is 5.16 Å². The Bertz CT molecular complexity index is 635. The molecule has 18 heavy (non-hydrogen) atoms. The fraction of sp³-hybridized carbons (Fsp3) is 0.154. The van der Waals surface area contributed by atoms with Gasteiger partial charge in [0.1, 0.15) is 0 Å². The van der Waals surface area contributed by atoms with E-state index in [1.54, 1.807) is 37.4 Å². The average Bonchev–Trinajstić information content (AvgIpc) is 2.41. The van der Waals surface area contributed by atoms with E-state index < -0.39 is 0 Å². The molecule has 0 fully saturated rings. The number of carbonyl (C=O) groups excluding carboxylic acids is 1. The normalized spacial score (nSPS) is 10.3. The van der Waals surface area contributed by atoms with Crippen molar-refractivity contribution in [1.29, 1.82) is 0 Å². The maximum absolute atomic E-state index is 12.3. The second-order valence-electron chi connectivity index (χ2n) is 3.76. The first-order valence-electron chi connectivity index (χ1n) is 5.37. The SMILES string of the molecule is CSc1nc(=O)c(C)cn1C(=O)c1ccccc1. The van der Waals surface area contributed by atoms with Crippen LogP contribution in [-0.2, 0) is 0 Å². The molecule has 0 amide bonds. The van der Waals surface area contributed by atoms with Crippen molar-refractivity contribution in [2.75, 3.05) is 6.26 Å². The van der Waals surface area contributed by atoms with E-state index in [2.05, 4.69) is 4.98 Å². The Morgan fingerprint density at radius 1 is 1.28 bits per heavy atom. The van der Waals surface area contributed by atoms with Crippen LogP contribution in [0, 0.1) is 6.92 Å². The highest BCUT2D eigenvalue weighted by atomic mass is 32.2. The standard InChI is InChI=1S/C13H12N2O2S/c1-9-8-15(13(18-2)14-11(9)16)12(17)10-6-4-3-5-7-10/h3-8H,1-2H3. The molecule has 1 aromatic carbocycles. The van der Waals surface area contributed by atoms with E-state index in [1.165, 1.54) is 22.5 Å². The van der Waals surface area contributed by atoms with Gasteiger partial charge in [0.2, 0.25) is 0 Å². The molecule has 0 saturated carbocycles. The fourth-order valence-electron chi connectivity index (χ4n) is 1.54. The van der Waals surface area contributed by atoms with Crippen LogP contribution in [0.25, 0.3) is 0 Å². The number of aryl methyl sites for hydroxylation is 1. The summed E-state index contributed by atoms with van der Waals surface area (Å²) in [7, 11) is 0. The molecule has 0 bridgehead atoms. The fourth-order valence-corrected chi connectivity index (χ4v) is 2.05. The van der Waals surface area contributed by atoms with Crippen molar-refractivity contribution in [2.24, 2.45) is 0 Å². The monoisotopic (exact) mass is 260 g/mol. The average molecular weight is 260 g/mol. The molecular weight excluding hydrogens is 248 g/mol. The predicted molar refractivity (Wildman–Crippen MR) is 71.2 cm³/mol. The second kappa shape index (κ2) is 5.18. The van der Waals surface area contributed by atoms with Crippen LogP contribution in [0.3, 0.4) is 0 Å². The molecule has 5 heteroatoms. The molecule has 0 aliphatic heterocycles. The highest BCUT2D eigenvalue weighted by molar-refractivity contribution is 7.98. The molecular formula is C13H12N2O2S. The van der Waals surface area contributed by atoms with Crippen LogP contribution in [0.1, 0.15) is 15.9 Å². The minimum atomic E-state index is -0.295. The molecule has 92 valence electrons. The molecule has 0 spiro atoms. The van der Waals surface area contributed by atoms with Gasteiger partial charge in [0, 0.05) is 17.3 Å². The van der Waals surface area contributed by atoms with Crippen LogP contribution in [0.5, 0.6) is 0 Å².